The quantitative estimate of drug-likeness (QED) is 0.661. The summed E-state index contributed by atoms with van der Waals surface area (Å²) in [7, 11) is 1.40. The van der Waals surface area contributed by atoms with Gasteiger partial charge < -0.3 is 10.1 Å². The molecule has 0 aliphatic carbocycles. The van der Waals surface area contributed by atoms with E-state index in [2.05, 4.69) is 31.3 Å². The number of thioether (sulfide) groups is 1. The van der Waals surface area contributed by atoms with Gasteiger partial charge in [-0.3, -0.25) is 0 Å². The second-order valence-corrected chi connectivity index (χ2v) is 6.56. The van der Waals surface area contributed by atoms with E-state index in [4.69, 9.17) is 4.74 Å². The van der Waals surface area contributed by atoms with Crippen LogP contribution in [0.4, 0.5) is 11.4 Å². The molecule has 0 unspecified atom stereocenters. The summed E-state index contributed by atoms with van der Waals surface area (Å²) in [6.07, 6.45) is 2.00. The third-order valence-electron chi connectivity index (χ3n) is 3.06. The first kappa shape index (κ1) is 14.9. The number of aryl methyl sites for hydroxylation is 2. The van der Waals surface area contributed by atoms with Gasteiger partial charge in [0.05, 0.1) is 17.0 Å². The summed E-state index contributed by atoms with van der Waals surface area (Å²) in [6, 6.07) is 8.08. The zero-order chi connectivity index (χ0) is 14.7. The van der Waals surface area contributed by atoms with Crippen LogP contribution in [0.1, 0.15) is 20.8 Å². The lowest BCUT2D eigenvalue weighted by Gasteiger charge is -2.08. The summed E-state index contributed by atoms with van der Waals surface area (Å²) >= 11 is 3.06. The van der Waals surface area contributed by atoms with Crippen molar-refractivity contribution in [3.8, 4) is 0 Å². The Labute approximate surface area is 127 Å². The normalized spacial score (nSPS) is 10.4. The highest BCUT2D eigenvalue weighted by molar-refractivity contribution is 8.00. The number of anilines is 2. The predicted octanol–water partition coefficient (Wildman–Crippen LogP) is 4.62. The van der Waals surface area contributed by atoms with Gasteiger partial charge in [0, 0.05) is 5.69 Å². The van der Waals surface area contributed by atoms with Crippen molar-refractivity contribution in [2.75, 3.05) is 18.7 Å². The van der Waals surface area contributed by atoms with Gasteiger partial charge in [-0.2, -0.15) is 0 Å². The predicted molar refractivity (Wildman–Crippen MR) is 86.6 cm³/mol. The Morgan fingerprint density at radius 3 is 2.60 bits per heavy atom. The minimum Gasteiger partial charge on any atom is -0.465 e. The van der Waals surface area contributed by atoms with E-state index in [1.807, 2.05) is 18.4 Å². The molecule has 1 heterocycles. The van der Waals surface area contributed by atoms with E-state index in [0.717, 1.165) is 15.6 Å². The number of hydrogen-bond donors (Lipinski definition) is 1. The average Bonchev–Trinajstić information content (AvgIpc) is 2.85. The molecule has 3 nitrogen and oxygen atoms in total. The van der Waals surface area contributed by atoms with Gasteiger partial charge in [0.25, 0.3) is 0 Å². The maximum absolute atomic E-state index is 11.6. The third kappa shape index (κ3) is 3.16. The minimum absolute atomic E-state index is 0.293. The minimum atomic E-state index is -0.293. The number of rotatable bonds is 4. The second-order valence-electron chi connectivity index (χ2n) is 4.43. The lowest BCUT2D eigenvalue weighted by atomic mass is 10.1. The number of carbonyl (C=O) groups is 1. The number of hydrogen-bond acceptors (Lipinski definition) is 5. The zero-order valence-corrected chi connectivity index (χ0v) is 13.6. The van der Waals surface area contributed by atoms with Crippen LogP contribution in [0, 0.1) is 13.8 Å². The Morgan fingerprint density at radius 1 is 1.25 bits per heavy atom. The van der Waals surface area contributed by atoms with Crippen molar-refractivity contribution >= 4 is 40.4 Å². The Bertz CT molecular complexity index is 635. The fourth-order valence-electron chi connectivity index (χ4n) is 1.79. The van der Waals surface area contributed by atoms with Crippen molar-refractivity contribution in [3.63, 3.8) is 0 Å². The van der Waals surface area contributed by atoms with E-state index < -0.39 is 0 Å². The molecule has 0 atom stereocenters. The van der Waals surface area contributed by atoms with Gasteiger partial charge in [-0.1, -0.05) is 6.07 Å². The molecule has 2 aromatic rings. The molecule has 0 bridgehead atoms. The molecule has 0 spiro atoms. The number of nitrogens with one attached hydrogen (secondary N) is 1. The molecule has 1 aromatic carbocycles. The standard InChI is InChI=1S/C15H17NO2S2/c1-9-5-6-11(7-10(9)2)16-12-8-13(14(17)18-3)20-15(12)19-4/h5-8,16H,1-4H3. The summed E-state index contributed by atoms with van der Waals surface area (Å²) in [6.45, 7) is 4.18. The summed E-state index contributed by atoms with van der Waals surface area (Å²) in [5, 5.41) is 3.37. The van der Waals surface area contributed by atoms with Gasteiger partial charge in [0.1, 0.15) is 4.88 Å². The Morgan fingerprint density at radius 2 is 2.00 bits per heavy atom. The number of esters is 1. The lowest BCUT2D eigenvalue weighted by Crippen LogP contribution is -1.97. The molecule has 0 radical (unpaired) electrons. The molecular formula is C15H17NO2S2. The molecule has 0 amide bonds. The van der Waals surface area contributed by atoms with E-state index in [-0.39, 0.29) is 5.97 Å². The fraction of sp³-hybridized carbons (Fsp3) is 0.267. The molecule has 0 fully saturated rings. The topological polar surface area (TPSA) is 38.3 Å². The maximum Gasteiger partial charge on any atom is 0.348 e. The van der Waals surface area contributed by atoms with Gasteiger partial charge in [-0.05, 0) is 49.4 Å². The van der Waals surface area contributed by atoms with Crippen LogP contribution in [0.15, 0.2) is 28.5 Å². The molecule has 1 N–H and O–H groups in total. The molecule has 1 aromatic heterocycles. The third-order valence-corrected chi connectivity index (χ3v) is 5.31. The van der Waals surface area contributed by atoms with Crippen molar-refractivity contribution in [2.45, 2.75) is 18.1 Å². The Kier molecular flexibility index (Phi) is 4.73. The molecule has 106 valence electrons. The van der Waals surface area contributed by atoms with Gasteiger partial charge >= 0.3 is 5.97 Å². The Hall–Kier alpha value is -1.46. The number of carbonyl (C=O) groups excluding carboxylic acids is 1. The van der Waals surface area contributed by atoms with Crippen LogP contribution in [0.5, 0.6) is 0 Å². The number of methoxy groups -OCH3 is 1. The molecular weight excluding hydrogens is 290 g/mol. The fourth-order valence-corrected chi connectivity index (χ4v) is 3.48. The van der Waals surface area contributed by atoms with Gasteiger partial charge in [-0.15, -0.1) is 23.1 Å². The smallest absolute Gasteiger partial charge is 0.348 e. The summed E-state index contributed by atoms with van der Waals surface area (Å²) in [5.41, 5.74) is 4.48. The first-order valence-corrected chi connectivity index (χ1v) is 8.19. The zero-order valence-electron chi connectivity index (χ0n) is 11.9. The van der Waals surface area contributed by atoms with Crippen molar-refractivity contribution in [1.29, 1.82) is 0 Å². The lowest BCUT2D eigenvalue weighted by molar-refractivity contribution is 0.0606. The van der Waals surface area contributed by atoms with E-state index >= 15 is 0 Å². The van der Waals surface area contributed by atoms with Gasteiger partial charge in [0.15, 0.2) is 0 Å². The van der Waals surface area contributed by atoms with Crippen LogP contribution in [-0.2, 0) is 4.74 Å². The molecule has 20 heavy (non-hydrogen) atoms. The second kappa shape index (κ2) is 6.33. The van der Waals surface area contributed by atoms with Crippen LogP contribution in [0.2, 0.25) is 0 Å². The number of ether oxygens (including phenoxy) is 1. The van der Waals surface area contributed by atoms with Crippen LogP contribution >= 0.6 is 23.1 Å². The van der Waals surface area contributed by atoms with E-state index in [9.17, 15) is 4.79 Å². The molecule has 0 aliphatic rings. The molecule has 0 saturated heterocycles. The van der Waals surface area contributed by atoms with Gasteiger partial charge in [-0.25, -0.2) is 4.79 Å². The van der Waals surface area contributed by atoms with Crippen molar-refractivity contribution in [2.24, 2.45) is 0 Å². The van der Waals surface area contributed by atoms with E-state index in [0.29, 0.717) is 4.88 Å². The first-order valence-electron chi connectivity index (χ1n) is 6.15. The summed E-state index contributed by atoms with van der Waals surface area (Å²) in [4.78, 5) is 12.2. The average molecular weight is 307 g/mol. The number of thiophene rings is 1. The molecule has 0 aliphatic heterocycles. The van der Waals surface area contributed by atoms with Crippen molar-refractivity contribution in [3.05, 3.63) is 40.3 Å². The van der Waals surface area contributed by atoms with E-state index in [1.54, 1.807) is 11.8 Å². The number of benzene rings is 1. The van der Waals surface area contributed by atoms with Crippen LogP contribution in [-0.4, -0.2) is 19.3 Å². The van der Waals surface area contributed by atoms with Crippen molar-refractivity contribution in [1.82, 2.24) is 0 Å². The van der Waals surface area contributed by atoms with E-state index in [1.165, 1.54) is 29.6 Å². The summed E-state index contributed by atoms with van der Waals surface area (Å²) in [5.74, 6) is -0.293. The largest absolute Gasteiger partial charge is 0.465 e. The highest BCUT2D eigenvalue weighted by atomic mass is 32.2. The Balaban J connectivity index is 2.30. The monoisotopic (exact) mass is 307 g/mol. The van der Waals surface area contributed by atoms with Crippen LogP contribution in [0.3, 0.4) is 0 Å². The van der Waals surface area contributed by atoms with Crippen LogP contribution in [0.25, 0.3) is 0 Å². The molecule has 0 saturated carbocycles. The van der Waals surface area contributed by atoms with Gasteiger partial charge in [0.2, 0.25) is 0 Å². The first-order chi connectivity index (χ1) is 9.55. The summed E-state index contributed by atoms with van der Waals surface area (Å²) < 4.78 is 5.84. The molecule has 5 heteroatoms. The highest BCUT2D eigenvalue weighted by Gasteiger charge is 2.14. The van der Waals surface area contributed by atoms with Crippen molar-refractivity contribution < 1.29 is 9.53 Å². The molecule has 2 rings (SSSR count). The maximum atomic E-state index is 11.6. The highest BCUT2D eigenvalue weighted by Crippen LogP contribution is 2.37. The SMILES string of the molecule is COC(=O)c1cc(Nc2ccc(C)c(C)c2)c(SC)s1. The van der Waals surface area contributed by atoms with Crippen LogP contribution < -0.4 is 5.32 Å².